The molecule has 26 heavy (non-hydrogen) atoms. The second-order valence-corrected chi connectivity index (χ2v) is 8.32. The van der Waals surface area contributed by atoms with Gasteiger partial charge in [0.05, 0.1) is 13.2 Å². The molecule has 4 nitrogen and oxygen atoms in total. The number of benzene rings is 1. The molecular formula is C20H25ClN2O2S. The Labute approximate surface area is 163 Å². The van der Waals surface area contributed by atoms with Crippen molar-refractivity contribution >= 4 is 28.6 Å². The van der Waals surface area contributed by atoms with Crippen molar-refractivity contribution in [2.75, 3.05) is 50.9 Å². The Bertz CT molecular complexity index is 719. The molecule has 0 bridgehead atoms. The molecule has 1 aromatic heterocycles. The second kappa shape index (κ2) is 8.28. The second-order valence-electron chi connectivity index (χ2n) is 7.14. The van der Waals surface area contributed by atoms with Crippen molar-refractivity contribution in [1.29, 1.82) is 0 Å². The van der Waals surface area contributed by atoms with E-state index in [-0.39, 0.29) is 6.61 Å². The molecule has 1 N–H and O–H groups in total. The molecule has 2 saturated heterocycles. The van der Waals surface area contributed by atoms with E-state index in [1.54, 1.807) is 11.3 Å². The van der Waals surface area contributed by atoms with Crippen LogP contribution in [0.15, 0.2) is 35.0 Å². The van der Waals surface area contributed by atoms with Gasteiger partial charge in [-0.3, -0.25) is 4.90 Å². The van der Waals surface area contributed by atoms with Gasteiger partial charge < -0.3 is 14.7 Å². The quantitative estimate of drug-likeness (QED) is 0.845. The van der Waals surface area contributed by atoms with Crippen LogP contribution in [0.25, 0.3) is 0 Å². The van der Waals surface area contributed by atoms with Gasteiger partial charge in [-0.05, 0) is 34.5 Å². The maximum absolute atomic E-state index is 9.86. The molecule has 0 unspecified atom stereocenters. The summed E-state index contributed by atoms with van der Waals surface area (Å²) in [4.78, 5) is 4.81. The maximum atomic E-state index is 9.86. The van der Waals surface area contributed by atoms with Crippen molar-refractivity contribution in [1.82, 2.24) is 4.90 Å². The van der Waals surface area contributed by atoms with Gasteiger partial charge in [0.2, 0.25) is 0 Å². The highest BCUT2D eigenvalue weighted by Gasteiger charge is 2.34. The highest BCUT2D eigenvalue weighted by atomic mass is 35.5. The zero-order valence-corrected chi connectivity index (χ0v) is 16.4. The van der Waals surface area contributed by atoms with E-state index in [1.165, 1.54) is 16.8 Å². The van der Waals surface area contributed by atoms with Gasteiger partial charge in [0.1, 0.15) is 0 Å². The van der Waals surface area contributed by atoms with Crippen LogP contribution in [0.3, 0.4) is 0 Å². The van der Waals surface area contributed by atoms with Crippen LogP contribution >= 0.6 is 22.9 Å². The number of halogens is 1. The lowest BCUT2D eigenvalue weighted by Gasteiger charge is -2.32. The van der Waals surface area contributed by atoms with E-state index in [4.69, 9.17) is 16.3 Å². The van der Waals surface area contributed by atoms with Crippen LogP contribution in [0.4, 0.5) is 5.69 Å². The standard InChI is InChI=1S/C20H25ClN2O2S/c21-19-2-1-3-20(23-5-7-25-8-6-23)18(19)12-22-10-16(13-24)17(11-22)15-4-9-26-14-15/h1-4,9,14,16-17,24H,5-8,10-13H2/t16-,17-/m0/s1. The summed E-state index contributed by atoms with van der Waals surface area (Å²) in [5, 5.41) is 15.0. The Morgan fingerprint density at radius 2 is 2.04 bits per heavy atom. The Morgan fingerprint density at radius 1 is 1.19 bits per heavy atom. The van der Waals surface area contributed by atoms with E-state index in [2.05, 4.69) is 32.7 Å². The molecule has 4 rings (SSSR count). The van der Waals surface area contributed by atoms with Crippen LogP contribution in [0.5, 0.6) is 0 Å². The van der Waals surface area contributed by atoms with E-state index < -0.39 is 0 Å². The molecule has 2 atom stereocenters. The molecule has 0 aliphatic carbocycles. The normalized spacial score (nSPS) is 24.3. The summed E-state index contributed by atoms with van der Waals surface area (Å²) in [6.07, 6.45) is 0. The fraction of sp³-hybridized carbons (Fsp3) is 0.500. The molecule has 140 valence electrons. The van der Waals surface area contributed by atoms with E-state index in [9.17, 15) is 5.11 Å². The lowest BCUT2D eigenvalue weighted by Crippen LogP contribution is -2.37. The van der Waals surface area contributed by atoms with Gasteiger partial charge in [-0.2, -0.15) is 11.3 Å². The number of hydrogen-bond acceptors (Lipinski definition) is 5. The van der Waals surface area contributed by atoms with Crippen LogP contribution < -0.4 is 4.90 Å². The molecule has 2 aromatic rings. The summed E-state index contributed by atoms with van der Waals surface area (Å²) in [6.45, 7) is 6.28. The first-order valence-corrected chi connectivity index (χ1v) is 10.5. The molecule has 1 aromatic carbocycles. The number of aliphatic hydroxyl groups excluding tert-OH is 1. The number of nitrogens with zero attached hydrogens (tertiary/aromatic N) is 2. The van der Waals surface area contributed by atoms with Crippen LogP contribution in [-0.2, 0) is 11.3 Å². The Hall–Kier alpha value is -1.11. The minimum atomic E-state index is 0.232. The average Bonchev–Trinajstić information content (AvgIpc) is 3.33. The predicted octanol–water partition coefficient (Wildman–Crippen LogP) is 3.45. The number of rotatable bonds is 5. The first-order chi connectivity index (χ1) is 12.8. The van der Waals surface area contributed by atoms with Gasteiger partial charge in [-0.1, -0.05) is 17.7 Å². The van der Waals surface area contributed by atoms with Crippen molar-refractivity contribution in [2.24, 2.45) is 5.92 Å². The monoisotopic (exact) mass is 392 g/mol. The topological polar surface area (TPSA) is 35.9 Å². The minimum absolute atomic E-state index is 0.232. The number of ether oxygens (including phenoxy) is 1. The third-order valence-electron chi connectivity index (χ3n) is 5.55. The highest BCUT2D eigenvalue weighted by Crippen LogP contribution is 2.36. The van der Waals surface area contributed by atoms with Crippen molar-refractivity contribution in [3.8, 4) is 0 Å². The number of thiophene rings is 1. The van der Waals surface area contributed by atoms with Gasteiger partial charge in [0.15, 0.2) is 0 Å². The Morgan fingerprint density at radius 3 is 2.77 bits per heavy atom. The summed E-state index contributed by atoms with van der Waals surface area (Å²) in [7, 11) is 0. The third kappa shape index (κ3) is 3.78. The molecule has 2 fully saturated rings. The van der Waals surface area contributed by atoms with Gasteiger partial charge >= 0.3 is 0 Å². The maximum Gasteiger partial charge on any atom is 0.0642 e. The fourth-order valence-corrected chi connectivity index (χ4v) is 5.12. The molecule has 6 heteroatoms. The summed E-state index contributed by atoms with van der Waals surface area (Å²) in [5.74, 6) is 0.694. The molecule has 0 saturated carbocycles. The van der Waals surface area contributed by atoms with Crippen molar-refractivity contribution in [2.45, 2.75) is 12.5 Å². The molecule has 3 heterocycles. The highest BCUT2D eigenvalue weighted by molar-refractivity contribution is 7.08. The number of likely N-dealkylation sites (tertiary alicyclic amines) is 1. The van der Waals surface area contributed by atoms with Crippen molar-refractivity contribution < 1.29 is 9.84 Å². The summed E-state index contributed by atoms with van der Waals surface area (Å²) in [5.41, 5.74) is 3.77. The average molecular weight is 393 g/mol. The Kier molecular flexibility index (Phi) is 5.81. The molecular weight excluding hydrogens is 368 g/mol. The van der Waals surface area contributed by atoms with E-state index >= 15 is 0 Å². The largest absolute Gasteiger partial charge is 0.396 e. The minimum Gasteiger partial charge on any atom is -0.396 e. The first kappa shape index (κ1) is 18.3. The van der Waals surface area contributed by atoms with Crippen LogP contribution in [-0.4, -0.2) is 56.0 Å². The van der Waals surface area contributed by atoms with Crippen LogP contribution in [0.2, 0.25) is 5.02 Å². The zero-order chi connectivity index (χ0) is 17.9. The Balaban J connectivity index is 1.54. The first-order valence-electron chi connectivity index (χ1n) is 9.21. The van der Waals surface area contributed by atoms with Gasteiger partial charge in [-0.25, -0.2) is 0 Å². The van der Waals surface area contributed by atoms with Gasteiger partial charge in [0, 0.05) is 67.4 Å². The van der Waals surface area contributed by atoms with E-state index in [0.717, 1.165) is 51.0 Å². The molecule has 2 aliphatic rings. The molecule has 2 aliphatic heterocycles. The molecule has 0 spiro atoms. The van der Waals surface area contributed by atoms with Crippen molar-refractivity contribution in [3.63, 3.8) is 0 Å². The zero-order valence-electron chi connectivity index (χ0n) is 14.8. The summed E-state index contributed by atoms with van der Waals surface area (Å²) >= 11 is 8.33. The lowest BCUT2D eigenvalue weighted by molar-refractivity contribution is 0.122. The smallest absolute Gasteiger partial charge is 0.0642 e. The summed E-state index contributed by atoms with van der Waals surface area (Å²) < 4.78 is 5.50. The number of hydrogen-bond donors (Lipinski definition) is 1. The SMILES string of the molecule is OC[C@@H]1CN(Cc2c(Cl)cccc2N2CCOCC2)C[C@H]1c1ccsc1. The number of morpholine rings is 1. The van der Waals surface area contributed by atoms with E-state index in [1.807, 2.05) is 12.1 Å². The van der Waals surface area contributed by atoms with Crippen LogP contribution in [0, 0.1) is 5.92 Å². The third-order valence-corrected chi connectivity index (χ3v) is 6.61. The van der Waals surface area contributed by atoms with Crippen molar-refractivity contribution in [3.05, 3.63) is 51.2 Å². The number of aliphatic hydroxyl groups is 1. The number of anilines is 1. The fourth-order valence-electron chi connectivity index (χ4n) is 4.17. The van der Waals surface area contributed by atoms with E-state index in [0.29, 0.717) is 11.8 Å². The molecule has 0 amide bonds. The van der Waals surface area contributed by atoms with Gasteiger partial charge in [-0.15, -0.1) is 0 Å². The molecule has 0 radical (unpaired) electrons. The summed E-state index contributed by atoms with van der Waals surface area (Å²) in [6, 6.07) is 8.38. The lowest BCUT2D eigenvalue weighted by atomic mass is 9.92. The predicted molar refractivity (Wildman–Crippen MR) is 107 cm³/mol. The van der Waals surface area contributed by atoms with Crippen LogP contribution in [0.1, 0.15) is 17.0 Å². The van der Waals surface area contributed by atoms with Gasteiger partial charge in [0.25, 0.3) is 0 Å².